The number of hydrogen-bond donors (Lipinski definition) is 0. The molecule has 2 nitrogen and oxygen atoms in total. The van der Waals surface area contributed by atoms with Gasteiger partial charge >= 0.3 is 5.97 Å². The van der Waals surface area contributed by atoms with Gasteiger partial charge in [0.15, 0.2) is 0 Å². The fourth-order valence-electron chi connectivity index (χ4n) is 2.43. The summed E-state index contributed by atoms with van der Waals surface area (Å²) in [6.45, 7) is 4.72. The average Bonchev–Trinajstić information content (AvgIpc) is 2.47. The first-order valence-electron chi connectivity index (χ1n) is 7.35. The van der Waals surface area contributed by atoms with Crippen LogP contribution in [-0.2, 0) is 9.53 Å². The van der Waals surface area contributed by atoms with Crippen LogP contribution in [0.15, 0.2) is 42.5 Å². The number of esters is 1. The van der Waals surface area contributed by atoms with Crippen LogP contribution in [0, 0.1) is 0 Å². The van der Waals surface area contributed by atoms with Crippen molar-refractivity contribution in [2.45, 2.75) is 39.0 Å². The van der Waals surface area contributed by atoms with Crippen molar-refractivity contribution in [3.63, 3.8) is 0 Å². The fourth-order valence-corrected chi connectivity index (χ4v) is 2.43. The molecule has 20 heavy (non-hydrogen) atoms. The Labute approximate surface area is 120 Å². The summed E-state index contributed by atoms with van der Waals surface area (Å²) < 4.78 is 5.25. The van der Waals surface area contributed by atoms with Crippen molar-refractivity contribution in [2.75, 3.05) is 6.61 Å². The largest absolute Gasteiger partial charge is 0.466 e. The van der Waals surface area contributed by atoms with Crippen LogP contribution in [0.3, 0.4) is 0 Å². The van der Waals surface area contributed by atoms with Gasteiger partial charge in [0.05, 0.1) is 13.0 Å². The number of fused-ring (bicyclic) bond motifs is 1. The van der Waals surface area contributed by atoms with E-state index >= 15 is 0 Å². The molecule has 1 unspecified atom stereocenters. The second kappa shape index (κ2) is 7.09. The molecule has 1 atom stereocenters. The minimum absolute atomic E-state index is 0.0983. The molecule has 0 fully saturated rings. The van der Waals surface area contributed by atoms with Crippen LogP contribution >= 0.6 is 0 Å². The maximum absolute atomic E-state index is 11.8. The summed E-state index contributed by atoms with van der Waals surface area (Å²) in [4.78, 5) is 11.8. The van der Waals surface area contributed by atoms with Gasteiger partial charge in [-0.05, 0) is 28.7 Å². The lowest BCUT2D eigenvalue weighted by atomic mass is 9.92. The first-order valence-corrected chi connectivity index (χ1v) is 7.35. The summed E-state index contributed by atoms with van der Waals surface area (Å²) >= 11 is 0. The van der Waals surface area contributed by atoms with E-state index in [4.69, 9.17) is 4.74 Å². The Kier molecular flexibility index (Phi) is 5.16. The highest BCUT2D eigenvalue weighted by Crippen LogP contribution is 2.27. The molecule has 2 heteroatoms. The van der Waals surface area contributed by atoms with Crippen molar-refractivity contribution < 1.29 is 9.53 Å². The molecule has 0 bridgehead atoms. The second-order valence-corrected chi connectivity index (χ2v) is 5.25. The highest BCUT2D eigenvalue weighted by molar-refractivity contribution is 5.86. The molecule has 0 saturated heterocycles. The van der Waals surface area contributed by atoms with Gasteiger partial charge in [-0.15, -0.1) is 0 Å². The third-order valence-electron chi connectivity index (χ3n) is 3.59. The maximum Gasteiger partial charge on any atom is 0.306 e. The molecule has 0 radical (unpaired) electrons. The lowest BCUT2D eigenvalue weighted by molar-refractivity contribution is -0.144. The van der Waals surface area contributed by atoms with Crippen LogP contribution in [-0.4, -0.2) is 12.6 Å². The third-order valence-corrected chi connectivity index (χ3v) is 3.59. The predicted molar refractivity (Wildman–Crippen MR) is 82.8 cm³/mol. The minimum Gasteiger partial charge on any atom is -0.466 e. The van der Waals surface area contributed by atoms with E-state index in [-0.39, 0.29) is 11.9 Å². The monoisotopic (exact) mass is 270 g/mol. The molecule has 0 spiro atoms. The number of unbranched alkanes of at least 4 members (excludes halogenated alkanes) is 1. The molecule has 0 amide bonds. The van der Waals surface area contributed by atoms with Gasteiger partial charge in [-0.1, -0.05) is 62.7 Å². The fraction of sp³-hybridized carbons (Fsp3) is 0.389. The number of carbonyl (C=O) groups excluding carboxylic acids is 1. The Bertz CT molecular complexity index is 569. The van der Waals surface area contributed by atoms with E-state index in [1.807, 2.05) is 12.1 Å². The Hall–Kier alpha value is -1.83. The SMILES string of the molecule is CCCCOC(=O)CC(C)c1cccc2ccccc12. The van der Waals surface area contributed by atoms with Crippen molar-refractivity contribution >= 4 is 16.7 Å². The van der Waals surface area contributed by atoms with E-state index in [0.29, 0.717) is 13.0 Å². The molecular weight excluding hydrogens is 248 g/mol. The predicted octanol–water partition coefficient (Wildman–Crippen LogP) is 4.68. The number of carbonyl (C=O) groups is 1. The van der Waals surface area contributed by atoms with Gasteiger partial charge in [-0.25, -0.2) is 0 Å². The van der Waals surface area contributed by atoms with Crippen LogP contribution < -0.4 is 0 Å². The normalized spacial score (nSPS) is 12.3. The molecular formula is C18H22O2. The number of benzene rings is 2. The molecule has 2 aromatic carbocycles. The zero-order valence-electron chi connectivity index (χ0n) is 12.3. The molecule has 2 rings (SSSR count). The Balaban J connectivity index is 2.07. The summed E-state index contributed by atoms with van der Waals surface area (Å²) in [7, 11) is 0. The second-order valence-electron chi connectivity index (χ2n) is 5.25. The molecule has 0 aliphatic rings. The van der Waals surface area contributed by atoms with Crippen molar-refractivity contribution in [3.8, 4) is 0 Å². The van der Waals surface area contributed by atoms with Gasteiger partial charge in [0.2, 0.25) is 0 Å². The number of hydrogen-bond acceptors (Lipinski definition) is 2. The zero-order valence-corrected chi connectivity index (χ0v) is 12.3. The lowest BCUT2D eigenvalue weighted by Crippen LogP contribution is -2.09. The highest BCUT2D eigenvalue weighted by atomic mass is 16.5. The lowest BCUT2D eigenvalue weighted by Gasteiger charge is -2.14. The van der Waals surface area contributed by atoms with Crippen LogP contribution in [0.2, 0.25) is 0 Å². The Morgan fingerprint density at radius 1 is 1.15 bits per heavy atom. The van der Waals surface area contributed by atoms with Gasteiger partial charge in [-0.3, -0.25) is 4.79 Å². The Morgan fingerprint density at radius 2 is 1.90 bits per heavy atom. The quantitative estimate of drug-likeness (QED) is 0.563. The van der Waals surface area contributed by atoms with E-state index in [9.17, 15) is 4.79 Å². The highest BCUT2D eigenvalue weighted by Gasteiger charge is 2.14. The topological polar surface area (TPSA) is 26.3 Å². The van der Waals surface area contributed by atoms with Crippen LogP contribution in [0.25, 0.3) is 10.8 Å². The standard InChI is InChI=1S/C18H22O2/c1-3-4-12-20-18(19)13-14(2)16-11-7-9-15-8-5-6-10-17(15)16/h5-11,14H,3-4,12-13H2,1-2H3. The summed E-state index contributed by atoms with van der Waals surface area (Å²) in [5, 5.41) is 2.44. The number of rotatable bonds is 6. The zero-order chi connectivity index (χ0) is 14.4. The van der Waals surface area contributed by atoms with E-state index in [0.717, 1.165) is 12.8 Å². The molecule has 0 saturated carbocycles. The van der Waals surface area contributed by atoms with Crippen molar-refractivity contribution in [3.05, 3.63) is 48.0 Å². The third kappa shape index (κ3) is 3.60. The van der Waals surface area contributed by atoms with Gasteiger partial charge in [0, 0.05) is 0 Å². The Morgan fingerprint density at radius 3 is 2.70 bits per heavy atom. The molecule has 0 N–H and O–H groups in total. The van der Waals surface area contributed by atoms with Crippen LogP contribution in [0.5, 0.6) is 0 Å². The van der Waals surface area contributed by atoms with E-state index in [1.54, 1.807) is 0 Å². The molecule has 0 aliphatic carbocycles. The maximum atomic E-state index is 11.8. The molecule has 106 valence electrons. The summed E-state index contributed by atoms with van der Waals surface area (Å²) in [5.74, 6) is 0.0779. The van der Waals surface area contributed by atoms with Gasteiger partial charge in [-0.2, -0.15) is 0 Å². The first-order chi connectivity index (χ1) is 9.72. The minimum atomic E-state index is -0.0983. The summed E-state index contributed by atoms with van der Waals surface area (Å²) in [5.41, 5.74) is 1.22. The van der Waals surface area contributed by atoms with Crippen LogP contribution in [0.4, 0.5) is 0 Å². The first kappa shape index (κ1) is 14.6. The average molecular weight is 270 g/mol. The van der Waals surface area contributed by atoms with Gasteiger partial charge in [0.1, 0.15) is 0 Å². The molecule has 0 aromatic heterocycles. The van der Waals surface area contributed by atoms with Gasteiger partial charge < -0.3 is 4.74 Å². The molecule has 0 aliphatic heterocycles. The van der Waals surface area contributed by atoms with Gasteiger partial charge in [0.25, 0.3) is 0 Å². The molecule has 2 aromatic rings. The number of ether oxygens (including phenoxy) is 1. The summed E-state index contributed by atoms with van der Waals surface area (Å²) in [6.07, 6.45) is 2.43. The van der Waals surface area contributed by atoms with E-state index in [1.165, 1.54) is 16.3 Å². The smallest absolute Gasteiger partial charge is 0.306 e. The molecule has 0 heterocycles. The van der Waals surface area contributed by atoms with Crippen molar-refractivity contribution in [2.24, 2.45) is 0 Å². The van der Waals surface area contributed by atoms with E-state index < -0.39 is 0 Å². The van der Waals surface area contributed by atoms with Crippen molar-refractivity contribution in [1.82, 2.24) is 0 Å². The summed E-state index contributed by atoms with van der Waals surface area (Å²) in [6, 6.07) is 14.6. The van der Waals surface area contributed by atoms with Crippen molar-refractivity contribution in [1.29, 1.82) is 0 Å². The van der Waals surface area contributed by atoms with Crippen LogP contribution in [0.1, 0.15) is 44.6 Å². The van der Waals surface area contributed by atoms with E-state index in [2.05, 4.69) is 44.2 Å².